The first-order valence-electron chi connectivity index (χ1n) is 9.25. The van der Waals surface area contributed by atoms with Crippen LogP contribution in [0.25, 0.3) is 0 Å². The lowest BCUT2D eigenvalue weighted by Gasteiger charge is -2.32. The zero-order valence-electron chi connectivity index (χ0n) is 15.8. The number of urea groups is 1. The topological polar surface area (TPSA) is 70.6 Å². The van der Waals surface area contributed by atoms with Gasteiger partial charge in [-0.05, 0) is 23.0 Å². The quantitative estimate of drug-likeness (QED) is 0.738. The Labute approximate surface area is 151 Å². The third-order valence-electron chi connectivity index (χ3n) is 4.92. The molecule has 5 nitrogen and oxygen atoms in total. The van der Waals surface area contributed by atoms with E-state index in [0.717, 1.165) is 5.56 Å². The number of nitrogens with one attached hydrogen (secondary N) is 2. The van der Waals surface area contributed by atoms with Gasteiger partial charge < -0.3 is 20.5 Å². The molecule has 1 saturated heterocycles. The number of carbonyl (C=O) groups excluding carboxylic acids is 1. The fourth-order valence-electron chi connectivity index (χ4n) is 3.09. The summed E-state index contributed by atoms with van der Waals surface area (Å²) in [5.74, 6) is 0.754. The van der Waals surface area contributed by atoms with Gasteiger partial charge in [-0.1, -0.05) is 52.0 Å². The second-order valence-electron chi connectivity index (χ2n) is 7.71. The van der Waals surface area contributed by atoms with Crippen LogP contribution in [0.2, 0.25) is 0 Å². The normalized spacial score (nSPS) is 18.2. The van der Waals surface area contributed by atoms with Gasteiger partial charge in [-0.15, -0.1) is 0 Å². The number of rotatable bonds is 6. The molecule has 1 aliphatic heterocycles. The molecular weight excluding hydrogens is 316 g/mol. The van der Waals surface area contributed by atoms with Crippen molar-refractivity contribution in [2.45, 2.75) is 58.1 Å². The Hall–Kier alpha value is -1.59. The molecule has 140 valence electrons. The van der Waals surface area contributed by atoms with Crippen molar-refractivity contribution in [1.82, 2.24) is 10.6 Å². The summed E-state index contributed by atoms with van der Waals surface area (Å²) in [5, 5.41) is 16.3. The monoisotopic (exact) mass is 348 g/mol. The van der Waals surface area contributed by atoms with Crippen LogP contribution in [0.4, 0.5) is 4.79 Å². The highest BCUT2D eigenvalue weighted by Gasteiger charge is 2.30. The summed E-state index contributed by atoms with van der Waals surface area (Å²) in [7, 11) is 0. The largest absolute Gasteiger partial charge is 0.388 e. The Kier molecular flexibility index (Phi) is 6.85. The minimum Gasteiger partial charge on any atom is -0.388 e. The van der Waals surface area contributed by atoms with Crippen LogP contribution in [0.15, 0.2) is 24.3 Å². The summed E-state index contributed by atoms with van der Waals surface area (Å²) in [6.45, 7) is 9.84. The Balaban J connectivity index is 1.95. The van der Waals surface area contributed by atoms with Gasteiger partial charge in [0.1, 0.15) is 0 Å². The van der Waals surface area contributed by atoms with Crippen LogP contribution in [0.5, 0.6) is 0 Å². The highest BCUT2D eigenvalue weighted by Crippen LogP contribution is 2.24. The van der Waals surface area contributed by atoms with E-state index < -0.39 is 5.60 Å². The van der Waals surface area contributed by atoms with Crippen molar-refractivity contribution < 1.29 is 14.6 Å². The van der Waals surface area contributed by atoms with E-state index in [9.17, 15) is 9.90 Å². The molecule has 1 aliphatic rings. The van der Waals surface area contributed by atoms with E-state index in [2.05, 4.69) is 62.6 Å². The highest BCUT2D eigenvalue weighted by atomic mass is 16.5. The van der Waals surface area contributed by atoms with Gasteiger partial charge in [0.25, 0.3) is 0 Å². The van der Waals surface area contributed by atoms with Crippen molar-refractivity contribution >= 4 is 6.03 Å². The van der Waals surface area contributed by atoms with E-state index in [4.69, 9.17) is 4.74 Å². The van der Waals surface area contributed by atoms with Gasteiger partial charge in [0.05, 0.1) is 11.6 Å². The number of hydrogen-bond donors (Lipinski definition) is 3. The van der Waals surface area contributed by atoms with Gasteiger partial charge in [0, 0.05) is 32.6 Å². The number of hydrogen-bond acceptors (Lipinski definition) is 3. The molecule has 2 rings (SSSR count). The predicted octanol–water partition coefficient (Wildman–Crippen LogP) is 3.35. The fraction of sp³-hybridized carbons (Fsp3) is 0.650. The van der Waals surface area contributed by atoms with E-state index in [1.807, 2.05) is 0 Å². The molecule has 0 radical (unpaired) electrons. The molecule has 1 aromatic carbocycles. The third kappa shape index (κ3) is 5.72. The molecule has 0 spiro atoms. The van der Waals surface area contributed by atoms with Crippen molar-refractivity contribution in [3.05, 3.63) is 35.4 Å². The van der Waals surface area contributed by atoms with Gasteiger partial charge in [-0.2, -0.15) is 0 Å². The van der Waals surface area contributed by atoms with E-state index in [-0.39, 0.29) is 24.5 Å². The molecule has 1 atom stereocenters. The molecular formula is C20H32N2O3. The number of carbonyl (C=O) groups is 1. The van der Waals surface area contributed by atoms with Gasteiger partial charge >= 0.3 is 6.03 Å². The maximum atomic E-state index is 12.3. The zero-order valence-corrected chi connectivity index (χ0v) is 15.8. The second-order valence-corrected chi connectivity index (χ2v) is 7.71. The first-order chi connectivity index (χ1) is 11.8. The van der Waals surface area contributed by atoms with Crippen molar-refractivity contribution in [3.63, 3.8) is 0 Å². The van der Waals surface area contributed by atoms with Crippen LogP contribution in [-0.2, 0) is 4.74 Å². The molecule has 25 heavy (non-hydrogen) atoms. The summed E-state index contributed by atoms with van der Waals surface area (Å²) in [5.41, 5.74) is 1.53. The van der Waals surface area contributed by atoms with Crippen LogP contribution >= 0.6 is 0 Å². The first kappa shape index (κ1) is 19.7. The number of amides is 2. The predicted molar refractivity (Wildman–Crippen MR) is 99.6 cm³/mol. The van der Waals surface area contributed by atoms with Crippen molar-refractivity contribution in [1.29, 1.82) is 0 Å². The fourth-order valence-corrected chi connectivity index (χ4v) is 3.09. The van der Waals surface area contributed by atoms with Crippen LogP contribution in [0.1, 0.15) is 63.6 Å². The lowest BCUT2D eigenvalue weighted by molar-refractivity contribution is -0.0600. The molecule has 0 aliphatic carbocycles. The first-order valence-corrected chi connectivity index (χ1v) is 9.25. The van der Waals surface area contributed by atoms with E-state index in [1.54, 1.807) is 0 Å². The minimum atomic E-state index is -0.859. The van der Waals surface area contributed by atoms with E-state index in [1.165, 1.54) is 5.56 Å². The summed E-state index contributed by atoms with van der Waals surface area (Å²) in [4.78, 5) is 12.3. The van der Waals surface area contributed by atoms with Crippen LogP contribution in [0, 0.1) is 5.92 Å². The SMILES string of the molecule is CC(C)c1ccc(C(NC(=O)NCC2(O)CCOCC2)C(C)C)cc1. The molecule has 0 bridgehead atoms. The number of aliphatic hydroxyl groups is 1. The Bertz CT molecular complexity index is 549. The smallest absolute Gasteiger partial charge is 0.315 e. The van der Waals surface area contributed by atoms with Gasteiger partial charge in [0.15, 0.2) is 0 Å². The van der Waals surface area contributed by atoms with Gasteiger partial charge in [-0.25, -0.2) is 4.79 Å². The summed E-state index contributed by atoms with van der Waals surface area (Å²) in [6, 6.07) is 8.12. The van der Waals surface area contributed by atoms with Crippen molar-refractivity contribution in [2.24, 2.45) is 5.92 Å². The minimum absolute atomic E-state index is 0.0643. The Morgan fingerprint density at radius 2 is 1.68 bits per heavy atom. The molecule has 1 fully saturated rings. The van der Waals surface area contributed by atoms with E-state index in [0.29, 0.717) is 32.0 Å². The van der Waals surface area contributed by atoms with Crippen LogP contribution in [-0.4, -0.2) is 36.5 Å². The van der Waals surface area contributed by atoms with Crippen molar-refractivity contribution in [2.75, 3.05) is 19.8 Å². The molecule has 3 N–H and O–H groups in total. The average Bonchev–Trinajstić information content (AvgIpc) is 2.58. The van der Waals surface area contributed by atoms with E-state index >= 15 is 0 Å². The molecule has 0 aromatic heterocycles. The summed E-state index contributed by atoms with van der Waals surface area (Å²) < 4.78 is 5.26. The second kappa shape index (κ2) is 8.68. The highest BCUT2D eigenvalue weighted by molar-refractivity contribution is 5.74. The lowest BCUT2D eigenvalue weighted by Crippen LogP contribution is -2.49. The Morgan fingerprint density at radius 1 is 1.12 bits per heavy atom. The molecule has 2 amide bonds. The summed E-state index contributed by atoms with van der Waals surface area (Å²) in [6.07, 6.45) is 1.11. The molecule has 1 heterocycles. The molecule has 1 aromatic rings. The van der Waals surface area contributed by atoms with Crippen LogP contribution < -0.4 is 10.6 Å². The maximum Gasteiger partial charge on any atom is 0.315 e. The van der Waals surface area contributed by atoms with Crippen molar-refractivity contribution in [3.8, 4) is 0 Å². The van der Waals surface area contributed by atoms with Crippen LogP contribution in [0.3, 0.4) is 0 Å². The standard InChI is InChI=1S/C20H32N2O3/c1-14(2)16-5-7-17(8-6-16)18(15(3)4)22-19(23)21-13-20(24)9-11-25-12-10-20/h5-8,14-15,18,24H,9-13H2,1-4H3,(H2,21,22,23). The molecule has 1 unspecified atom stereocenters. The van der Waals surface area contributed by atoms with Gasteiger partial charge in [0.2, 0.25) is 0 Å². The number of benzene rings is 1. The van der Waals surface area contributed by atoms with Gasteiger partial charge in [-0.3, -0.25) is 0 Å². The average molecular weight is 348 g/mol. The third-order valence-corrected chi connectivity index (χ3v) is 4.92. The maximum absolute atomic E-state index is 12.3. The molecule has 5 heteroatoms. The molecule has 0 saturated carbocycles. The number of ether oxygens (including phenoxy) is 1. The summed E-state index contributed by atoms with van der Waals surface area (Å²) >= 11 is 0. The lowest BCUT2D eigenvalue weighted by atomic mass is 9.93. The Morgan fingerprint density at radius 3 is 2.20 bits per heavy atom. The zero-order chi connectivity index (χ0) is 18.4.